The van der Waals surface area contributed by atoms with Crippen LogP contribution in [0.1, 0.15) is 50.5 Å². The molecule has 1 N–H and O–H groups in total. The Morgan fingerprint density at radius 3 is 2.23 bits per heavy atom. The summed E-state index contributed by atoms with van der Waals surface area (Å²) < 4.78 is 0. The van der Waals surface area contributed by atoms with Crippen LogP contribution in [0, 0.1) is 23.2 Å². The highest BCUT2D eigenvalue weighted by Crippen LogP contribution is 2.58. The van der Waals surface area contributed by atoms with Gasteiger partial charge < -0.3 is 9.80 Å². The van der Waals surface area contributed by atoms with Gasteiger partial charge in [-0.2, -0.15) is 0 Å². The quantitative estimate of drug-likeness (QED) is 0.887. The monoisotopic (exact) mass is 353 g/mol. The van der Waals surface area contributed by atoms with Gasteiger partial charge in [-0.05, 0) is 49.9 Å². The molecule has 3 nitrogen and oxygen atoms in total. The predicted molar refractivity (Wildman–Crippen MR) is 103 cm³/mol. The summed E-state index contributed by atoms with van der Waals surface area (Å²) in [5.74, 6) is 3.08. The fourth-order valence-electron chi connectivity index (χ4n) is 6.88. The zero-order valence-electron chi connectivity index (χ0n) is 16.0. The van der Waals surface area contributed by atoms with Gasteiger partial charge in [-0.25, -0.2) is 0 Å². The zero-order valence-corrected chi connectivity index (χ0v) is 16.0. The molecular weight excluding hydrogens is 320 g/mol. The average molecular weight is 354 g/mol. The summed E-state index contributed by atoms with van der Waals surface area (Å²) in [7, 11) is 0. The predicted octanol–water partition coefficient (Wildman–Crippen LogP) is 2.52. The number of benzene rings is 1. The summed E-state index contributed by atoms with van der Waals surface area (Å²) in [5.41, 5.74) is 1.45. The van der Waals surface area contributed by atoms with Crippen LogP contribution in [0.5, 0.6) is 0 Å². The molecule has 1 saturated heterocycles. The Bertz CT molecular complexity index is 633. The molecule has 4 aliphatic carbocycles. The molecular formula is C23H33N2O+. The lowest BCUT2D eigenvalue weighted by molar-refractivity contribution is -0.917. The molecule has 1 heterocycles. The van der Waals surface area contributed by atoms with Gasteiger partial charge in [-0.15, -0.1) is 0 Å². The molecule has 0 aromatic heterocycles. The molecule has 0 spiro atoms. The lowest BCUT2D eigenvalue weighted by atomic mass is 9.58. The fourth-order valence-corrected chi connectivity index (χ4v) is 6.88. The van der Waals surface area contributed by atoms with E-state index in [0.717, 1.165) is 50.5 Å². The number of fused-ring (bicyclic) bond motifs is 1. The Kier molecular flexibility index (Phi) is 4.31. The number of quaternary nitrogens is 1. The Morgan fingerprint density at radius 1 is 0.962 bits per heavy atom. The molecule has 4 saturated carbocycles. The van der Waals surface area contributed by atoms with Gasteiger partial charge in [0.2, 0.25) is 5.91 Å². The van der Waals surface area contributed by atoms with Crippen molar-refractivity contribution in [3.05, 3.63) is 35.9 Å². The largest absolute Gasteiger partial charge is 0.331 e. The highest BCUT2D eigenvalue weighted by atomic mass is 16.2. The summed E-state index contributed by atoms with van der Waals surface area (Å²) in [6, 6.07) is 10.8. The topological polar surface area (TPSA) is 24.8 Å². The van der Waals surface area contributed by atoms with Crippen molar-refractivity contribution in [2.24, 2.45) is 23.2 Å². The minimum Gasteiger partial charge on any atom is -0.331 e. The number of piperazine rings is 1. The van der Waals surface area contributed by atoms with Gasteiger partial charge in [0.1, 0.15) is 6.54 Å². The fraction of sp³-hybridized carbons (Fsp3) is 0.696. The average Bonchev–Trinajstić information content (AvgIpc) is 2.88. The summed E-state index contributed by atoms with van der Waals surface area (Å²) in [6.45, 7) is 5.23. The molecule has 1 aromatic carbocycles. The Labute approximate surface area is 157 Å². The summed E-state index contributed by atoms with van der Waals surface area (Å²) in [5, 5.41) is 0. The van der Waals surface area contributed by atoms with E-state index in [1.165, 1.54) is 50.5 Å². The van der Waals surface area contributed by atoms with E-state index in [-0.39, 0.29) is 5.41 Å². The van der Waals surface area contributed by atoms with Gasteiger partial charge in [0.25, 0.3) is 0 Å². The lowest BCUT2D eigenvalue weighted by Gasteiger charge is -2.49. The third-order valence-corrected chi connectivity index (χ3v) is 7.86. The van der Waals surface area contributed by atoms with Crippen LogP contribution in [0.15, 0.2) is 30.3 Å². The van der Waals surface area contributed by atoms with Gasteiger partial charge in [0, 0.05) is 5.56 Å². The molecule has 1 aromatic rings. The molecule has 0 radical (unpaired) electrons. The van der Waals surface area contributed by atoms with Crippen LogP contribution in [0.2, 0.25) is 0 Å². The third kappa shape index (κ3) is 3.09. The van der Waals surface area contributed by atoms with E-state index < -0.39 is 0 Å². The first kappa shape index (κ1) is 16.8. The van der Waals surface area contributed by atoms with E-state index in [9.17, 15) is 4.79 Å². The number of nitrogens with zero attached hydrogens (tertiary/aromatic N) is 1. The normalized spacial score (nSPS) is 36.9. The SMILES string of the molecule is O=C(N1CC[NH+](Cc2ccccc2)CC1)C12CC3C[C@@H](CC[C@H](C3)C1)C2. The second kappa shape index (κ2) is 6.67. The van der Waals surface area contributed by atoms with Crippen molar-refractivity contribution in [2.45, 2.75) is 51.5 Å². The molecule has 5 fully saturated rings. The summed E-state index contributed by atoms with van der Waals surface area (Å²) in [6.07, 6.45) is 9.24. The maximum atomic E-state index is 13.6. The van der Waals surface area contributed by atoms with Crippen molar-refractivity contribution in [2.75, 3.05) is 26.2 Å². The van der Waals surface area contributed by atoms with Gasteiger partial charge in [0.05, 0.1) is 31.6 Å². The molecule has 140 valence electrons. The molecule has 2 atom stereocenters. The van der Waals surface area contributed by atoms with E-state index in [1.54, 1.807) is 4.90 Å². The standard InChI is InChI=1S/C23H32N2O/c26-22(23-14-19-6-7-20(15-23)13-21(12-19)16-23)25-10-8-24(9-11-25)17-18-4-2-1-3-5-18/h1-5,19-21H,6-17H2/p+1/t19-,20-,21?,23?/m1/s1. The first-order valence-corrected chi connectivity index (χ1v) is 10.9. The van der Waals surface area contributed by atoms with Crippen LogP contribution in [0.25, 0.3) is 0 Å². The smallest absolute Gasteiger partial charge is 0.229 e. The minimum atomic E-state index is 0.0317. The number of carbonyl (C=O) groups excluding carboxylic acids is 1. The molecule has 5 aliphatic rings. The second-order valence-corrected chi connectivity index (χ2v) is 9.74. The van der Waals surface area contributed by atoms with Crippen LogP contribution in [-0.2, 0) is 11.3 Å². The Hall–Kier alpha value is -1.35. The van der Waals surface area contributed by atoms with Crippen LogP contribution >= 0.6 is 0 Å². The van der Waals surface area contributed by atoms with Gasteiger partial charge >= 0.3 is 0 Å². The molecule has 26 heavy (non-hydrogen) atoms. The minimum absolute atomic E-state index is 0.0317. The number of hydrogen-bond acceptors (Lipinski definition) is 1. The van der Waals surface area contributed by atoms with Gasteiger partial charge in [-0.3, -0.25) is 4.79 Å². The van der Waals surface area contributed by atoms with Crippen LogP contribution in [-0.4, -0.2) is 37.0 Å². The lowest BCUT2D eigenvalue weighted by Crippen LogP contribution is -3.13. The van der Waals surface area contributed by atoms with E-state index in [2.05, 4.69) is 35.2 Å². The van der Waals surface area contributed by atoms with Crippen molar-refractivity contribution >= 4 is 5.91 Å². The Balaban J connectivity index is 1.23. The number of hydrogen-bond donors (Lipinski definition) is 1. The number of carbonyl (C=O) groups is 1. The van der Waals surface area contributed by atoms with Crippen LogP contribution in [0.3, 0.4) is 0 Å². The van der Waals surface area contributed by atoms with Crippen LogP contribution in [0.4, 0.5) is 0 Å². The maximum absolute atomic E-state index is 13.6. The van der Waals surface area contributed by atoms with Crippen molar-refractivity contribution in [1.82, 2.24) is 4.90 Å². The zero-order chi connectivity index (χ0) is 17.6. The van der Waals surface area contributed by atoms with E-state index in [4.69, 9.17) is 0 Å². The molecule has 4 bridgehead atoms. The van der Waals surface area contributed by atoms with E-state index >= 15 is 0 Å². The first-order chi connectivity index (χ1) is 12.7. The number of amides is 1. The van der Waals surface area contributed by atoms with Crippen molar-refractivity contribution in [3.8, 4) is 0 Å². The van der Waals surface area contributed by atoms with Crippen molar-refractivity contribution in [1.29, 1.82) is 0 Å². The summed E-state index contributed by atoms with van der Waals surface area (Å²) in [4.78, 5) is 17.5. The van der Waals surface area contributed by atoms with Gasteiger partial charge in [0.15, 0.2) is 0 Å². The maximum Gasteiger partial charge on any atom is 0.229 e. The highest BCUT2D eigenvalue weighted by Gasteiger charge is 2.53. The third-order valence-electron chi connectivity index (χ3n) is 7.86. The molecule has 0 unspecified atom stereocenters. The van der Waals surface area contributed by atoms with E-state index in [1.807, 2.05) is 0 Å². The van der Waals surface area contributed by atoms with Crippen LogP contribution < -0.4 is 4.90 Å². The Morgan fingerprint density at radius 2 is 1.58 bits per heavy atom. The first-order valence-electron chi connectivity index (χ1n) is 10.9. The molecule has 6 rings (SSSR count). The number of nitrogens with one attached hydrogen (secondary N) is 1. The highest BCUT2D eigenvalue weighted by molar-refractivity contribution is 5.83. The second-order valence-electron chi connectivity index (χ2n) is 9.74. The summed E-state index contributed by atoms with van der Waals surface area (Å²) >= 11 is 0. The number of rotatable bonds is 3. The van der Waals surface area contributed by atoms with Crippen molar-refractivity contribution < 1.29 is 9.69 Å². The van der Waals surface area contributed by atoms with E-state index in [0.29, 0.717) is 5.91 Å². The molecule has 3 heteroatoms. The van der Waals surface area contributed by atoms with Crippen molar-refractivity contribution in [3.63, 3.8) is 0 Å². The molecule has 1 aliphatic heterocycles. The molecule has 1 amide bonds. The van der Waals surface area contributed by atoms with Gasteiger partial charge in [-0.1, -0.05) is 43.2 Å².